The predicted octanol–water partition coefficient (Wildman–Crippen LogP) is 3.36. The molecule has 6 atom stereocenters. The first-order valence-electron chi connectivity index (χ1n) is 11.1. The van der Waals surface area contributed by atoms with E-state index < -0.39 is 35.2 Å². The molecule has 186 valence electrons. The van der Waals surface area contributed by atoms with Crippen LogP contribution in [-0.4, -0.2) is 46.0 Å². The minimum Gasteiger partial charge on any atom is -0.452 e. The molecule has 1 N–H and O–H groups in total. The molecule has 3 aliphatic rings. The molecule has 3 amide bonds. The Morgan fingerprint density at radius 2 is 1.67 bits per heavy atom. The first-order chi connectivity index (χ1) is 17.2. The van der Waals surface area contributed by atoms with Gasteiger partial charge >= 0.3 is 5.97 Å². The summed E-state index contributed by atoms with van der Waals surface area (Å²) in [6, 6.07) is 11.2. The molecule has 0 aromatic heterocycles. The normalized spacial score (nSPS) is 28.2. The third kappa shape index (κ3) is 4.00. The molecule has 2 aliphatic carbocycles. The Balaban J connectivity index is 1.25. The number of esters is 1. The van der Waals surface area contributed by atoms with Gasteiger partial charge in [0.05, 0.1) is 38.8 Å². The quantitative estimate of drug-likeness (QED) is 0.198. The molecule has 5 rings (SSSR count). The molecule has 0 spiro atoms. The van der Waals surface area contributed by atoms with E-state index in [1.54, 1.807) is 6.07 Å². The Morgan fingerprint density at radius 1 is 1.03 bits per heavy atom. The molecular weight excluding hydrogens is 513 g/mol. The first kappa shape index (κ1) is 24.2. The highest BCUT2D eigenvalue weighted by molar-refractivity contribution is 6.32. The van der Waals surface area contributed by atoms with Crippen LogP contribution in [0.25, 0.3) is 0 Å². The van der Waals surface area contributed by atoms with Gasteiger partial charge in [0, 0.05) is 17.8 Å². The van der Waals surface area contributed by atoms with E-state index in [1.807, 2.05) is 0 Å². The Hall–Kier alpha value is -3.50. The SMILES string of the molecule is O=C(COC(=O)c1cccc(N2C(=O)[C@@H]3[C@H]4C[C@@H]([C@H](Cl)[C@H]4Cl)[C@@H]3C2=O)c1)Nc1cccc([N+](=O)[O-])c1. The average molecular weight is 532 g/mol. The predicted molar refractivity (Wildman–Crippen MR) is 129 cm³/mol. The van der Waals surface area contributed by atoms with E-state index in [1.165, 1.54) is 42.5 Å². The number of nitro benzene ring substituents is 1. The van der Waals surface area contributed by atoms with Gasteiger partial charge < -0.3 is 10.1 Å². The first-order valence-corrected chi connectivity index (χ1v) is 12.0. The number of carbonyl (C=O) groups is 4. The summed E-state index contributed by atoms with van der Waals surface area (Å²) in [6.07, 6.45) is 0.647. The number of imide groups is 1. The van der Waals surface area contributed by atoms with E-state index in [4.69, 9.17) is 27.9 Å². The summed E-state index contributed by atoms with van der Waals surface area (Å²) >= 11 is 12.8. The number of non-ortho nitro benzene ring substituents is 1. The van der Waals surface area contributed by atoms with E-state index in [2.05, 4.69) is 5.32 Å². The van der Waals surface area contributed by atoms with Gasteiger partial charge in [-0.3, -0.25) is 29.4 Å². The molecule has 2 saturated carbocycles. The molecule has 1 saturated heterocycles. The Morgan fingerprint density at radius 3 is 2.31 bits per heavy atom. The standard InChI is InChI=1S/C24H19Cl2N3O7/c25-20-15-9-16(21(20)26)19-18(15)22(31)28(23(19)32)13-5-1-3-11(7-13)24(33)36-10-17(30)27-12-4-2-6-14(8-12)29(34)35/h1-8,15-16,18-21H,9-10H2,(H,27,30)/t15-,16-,18-,19+,20+,21+/m1/s1. The van der Waals surface area contributed by atoms with Crippen LogP contribution in [0.1, 0.15) is 16.8 Å². The number of nitro groups is 1. The minimum absolute atomic E-state index is 0.0433. The number of amides is 3. The zero-order valence-electron chi connectivity index (χ0n) is 18.5. The van der Waals surface area contributed by atoms with Crippen LogP contribution >= 0.6 is 23.2 Å². The zero-order chi connectivity index (χ0) is 25.7. The summed E-state index contributed by atoms with van der Waals surface area (Å²) < 4.78 is 5.05. The second-order valence-corrected chi connectivity index (χ2v) is 10.0. The number of carbonyl (C=O) groups excluding carboxylic acids is 4. The summed E-state index contributed by atoms with van der Waals surface area (Å²) in [5, 5.41) is 12.5. The number of nitrogens with one attached hydrogen (secondary N) is 1. The third-order valence-electron chi connectivity index (χ3n) is 7.00. The fourth-order valence-corrected chi connectivity index (χ4v) is 6.38. The third-order valence-corrected chi connectivity index (χ3v) is 8.32. The maximum atomic E-state index is 13.2. The van der Waals surface area contributed by atoms with Crippen LogP contribution in [0.15, 0.2) is 48.5 Å². The number of alkyl halides is 2. The molecule has 12 heteroatoms. The van der Waals surface area contributed by atoms with Gasteiger partial charge in [-0.2, -0.15) is 0 Å². The number of halogens is 2. The molecule has 2 aromatic carbocycles. The molecule has 1 heterocycles. The number of ether oxygens (including phenoxy) is 1. The molecule has 1 aliphatic heterocycles. The van der Waals surface area contributed by atoms with E-state index in [9.17, 15) is 29.3 Å². The largest absolute Gasteiger partial charge is 0.452 e. The highest BCUT2D eigenvalue weighted by atomic mass is 35.5. The molecule has 2 aromatic rings. The van der Waals surface area contributed by atoms with Crippen molar-refractivity contribution < 1.29 is 28.8 Å². The lowest BCUT2D eigenvalue weighted by atomic mass is 9.80. The molecule has 2 bridgehead atoms. The highest BCUT2D eigenvalue weighted by Crippen LogP contribution is 2.59. The summed E-state index contributed by atoms with van der Waals surface area (Å²) in [5.41, 5.74) is 0.248. The monoisotopic (exact) mass is 531 g/mol. The van der Waals surface area contributed by atoms with Crippen LogP contribution in [0, 0.1) is 33.8 Å². The summed E-state index contributed by atoms with van der Waals surface area (Å²) in [5.74, 6) is -3.61. The van der Waals surface area contributed by atoms with Crippen molar-refractivity contribution in [2.24, 2.45) is 23.7 Å². The number of hydrogen-bond donors (Lipinski definition) is 1. The van der Waals surface area contributed by atoms with Crippen molar-refractivity contribution in [3.8, 4) is 0 Å². The Kier molecular flexibility index (Phi) is 6.17. The smallest absolute Gasteiger partial charge is 0.338 e. The molecule has 0 unspecified atom stereocenters. The lowest BCUT2D eigenvalue weighted by molar-refractivity contribution is -0.384. The van der Waals surface area contributed by atoms with Gasteiger partial charge in [-0.25, -0.2) is 4.79 Å². The fraction of sp³-hybridized carbons (Fsp3) is 0.333. The van der Waals surface area contributed by atoms with Crippen LogP contribution < -0.4 is 10.2 Å². The van der Waals surface area contributed by atoms with Crippen LogP contribution in [0.5, 0.6) is 0 Å². The van der Waals surface area contributed by atoms with Crippen molar-refractivity contribution in [2.75, 3.05) is 16.8 Å². The average Bonchev–Trinajstić information content (AvgIpc) is 3.47. The molecule has 36 heavy (non-hydrogen) atoms. The molecular formula is C24H19Cl2N3O7. The van der Waals surface area contributed by atoms with Crippen molar-refractivity contribution in [3.63, 3.8) is 0 Å². The maximum absolute atomic E-state index is 13.2. The van der Waals surface area contributed by atoms with E-state index in [0.717, 1.165) is 4.90 Å². The van der Waals surface area contributed by atoms with Crippen LogP contribution in [0.3, 0.4) is 0 Å². The zero-order valence-corrected chi connectivity index (χ0v) is 20.0. The lowest BCUT2D eigenvalue weighted by Crippen LogP contribution is -2.37. The molecule has 0 radical (unpaired) electrons. The van der Waals surface area contributed by atoms with Gasteiger partial charge in [0.1, 0.15) is 0 Å². The molecule has 10 nitrogen and oxygen atoms in total. The maximum Gasteiger partial charge on any atom is 0.338 e. The van der Waals surface area contributed by atoms with Crippen LogP contribution in [0.4, 0.5) is 17.1 Å². The Labute approximate surface area is 214 Å². The summed E-state index contributed by atoms with van der Waals surface area (Å²) in [7, 11) is 0. The van der Waals surface area contributed by atoms with Gasteiger partial charge in [0.25, 0.3) is 11.6 Å². The topological polar surface area (TPSA) is 136 Å². The van der Waals surface area contributed by atoms with Gasteiger partial charge in [0.2, 0.25) is 11.8 Å². The number of hydrogen-bond acceptors (Lipinski definition) is 7. The fourth-order valence-electron chi connectivity index (χ4n) is 5.48. The van der Waals surface area contributed by atoms with E-state index >= 15 is 0 Å². The number of benzene rings is 2. The van der Waals surface area contributed by atoms with Gasteiger partial charge in [0.15, 0.2) is 6.61 Å². The number of nitrogens with zero attached hydrogens (tertiary/aromatic N) is 2. The number of anilines is 2. The summed E-state index contributed by atoms with van der Waals surface area (Å²) in [4.78, 5) is 62.4. The second-order valence-electron chi connectivity index (χ2n) is 9.00. The van der Waals surface area contributed by atoms with Gasteiger partial charge in [-0.1, -0.05) is 12.1 Å². The second kappa shape index (κ2) is 9.18. The number of fused-ring (bicyclic) bond motifs is 5. The molecule has 3 fully saturated rings. The van der Waals surface area contributed by atoms with Crippen molar-refractivity contribution in [2.45, 2.75) is 17.2 Å². The van der Waals surface area contributed by atoms with E-state index in [0.29, 0.717) is 6.42 Å². The summed E-state index contributed by atoms with van der Waals surface area (Å²) in [6.45, 7) is -0.644. The van der Waals surface area contributed by atoms with Crippen LogP contribution in [0.2, 0.25) is 0 Å². The van der Waals surface area contributed by atoms with Crippen molar-refractivity contribution in [1.29, 1.82) is 0 Å². The van der Waals surface area contributed by atoms with Crippen molar-refractivity contribution >= 4 is 64.0 Å². The minimum atomic E-state index is -0.841. The van der Waals surface area contributed by atoms with Crippen molar-refractivity contribution in [1.82, 2.24) is 0 Å². The number of rotatable bonds is 6. The lowest BCUT2D eigenvalue weighted by Gasteiger charge is -2.28. The van der Waals surface area contributed by atoms with Gasteiger partial charge in [-0.05, 0) is 42.5 Å². The highest BCUT2D eigenvalue weighted by Gasteiger charge is 2.66. The Bertz CT molecular complexity index is 1270. The van der Waals surface area contributed by atoms with Crippen LogP contribution in [-0.2, 0) is 19.1 Å². The van der Waals surface area contributed by atoms with E-state index in [-0.39, 0.29) is 57.0 Å². The van der Waals surface area contributed by atoms with Crippen molar-refractivity contribution in [3.05, 3.63) is 64.2 Å². The van der Waals surface area contributed by atoms with Gasteiger partial charge in [-0.15, -0.1) is 23.2 Å².